The molecule has 1 fully saturated rings. The molecule has 0 aliphatic carbocycles. The number of carbonyl (C=O) groups is 1. The van der Waals surface area contributed by atoms with Crippen LogP contribution in [0.4, 0.5) is 17.6 Å². The third kappa shape index (κ3) is 4.16. The summed E-state index contributed by atoms with van der Waals surface area (Å²) >= 11 is 0. The minimum atomic E-state index is -4.92. The minimum Gasteiger partial charge on any atom is -0.337 e. The molecular weight excluding hydrogens is 378 g/mol. The second-order valence-electron chi connectivity index (χ2n) is 6.69. The molecule has 0 saturated carbocycles. The van der Waals surface area contributed by atoms with E-state index in [1.54, 1.807) is 0 Å². The van der Waals surface area contributed by atoms with E-state index in [9.17, 15) is 22.4 Å². The van der Waals surface area contributed by atoms with E-state index in [2.05, 4.69) is 15.6 Å². The fourth-order valence-corrected chi connectivity index (χ4v) is 3.31. The number of amides is 1. The van der Waals surface area contributed by atoms with Crippen molar-refractivity contribution in [3.63, 3.8) is 0 Å². The first-order chi connectivity index (χ1) is 13.3. The Morgan fingerprint density at radius 2 is 1.93 bits per heavy atom. The van der Waals surface area contributed by atoms with E-state index in [1.807, 2.05) is 6.92 Å². The Hall–Kier alpha value is -2.49. The number of nitrogens with zero attached hydrogens (tertiary/aromatic N) is 4. The summed E-state index contributed by atoms with van der Waals surface area (Å²) in [5, 5.41) is 10.1. The molecule has 1 N–H and O–H groups in total. The predicted molar refractivity (Wildman–Crippen MR) is 93.5 cm³/mol. The molecule has 0 atom stereocenters. The van der Waals surface area contributed by atoms with Crippen molar-refractivity contribution in [1.82, 2.24) is 25.2 Å². The highest BCUT2D eigenvalue weighted by Crippen LogP contribution is 2.34. The van der Waals surface area contributed by atoms with Crippen LogP contribution >= 0.6 is 0 Å². The van der Waals surface area contributed by atoms with Gasteiger partial charge in [-0.15, -0.1) is 5.10 Å². The Kier molecular flexibility index (Phi) is 5.97. The van der Waals surface area contributed by atoms with Crippen molar-refractivity contribution in [2.75, 3.05) is 26.2 Å². The number of carbonyl (C=O) groups excluding carboxylic acids is 1. The first-order valence-electron chi connectivity index (χ1n) is 9.10. The van der Waals surface area contributed by atoms with Crippen molar-refractivity contribution >= 4 is 5.91 Å². The molecule has 1 amide bonds. The third-order valence-corrected chi connectivity index (χ3v) is 4.81. The van der Waals surface area contributed by atoms with Crippen LogP contribution in [0.1, 0.15) is 35.9 Å². The molecule has 1 aromatic heterocycles. The van der Waals surface area contributed by atoms with Crippen LogP contribution in [-0.2, 0) is 6.18 Å². The first-order valence-corrected chi connectivity index (χ1v) is 9.10. The average molecular weight is 399 g/mol. The van der Waals surface area contributed by atoms with Gasteiger partial charge in [0.05, 0.1) is 0 Å². The monoisotopic (exact) mass is 399 g/mol. The minimum absolute atomic E-state index is 0.346. The number of nitrogens with one attached hydrogen (secondary N) is 1. The molecule has 152 valence electrons. The van der Waals surface area contributed by atoms with Crippen LogP contribution in [0.5, 0.6) is 0 Å². The van der Waals surface area contributed by atoms with Crippen molar-refractivity contribution in [3.8, 4) is 5.69 Å². The smallest absolute Gasteiger partial charge is 0.337 e. The molecule has 28 heavy (non-hydrogen) atoms. The fraction of sp³-hybridized carbons (Fsp3) is 0.500. The van der Waals surface area contributed by atoms with Gasteiger partial charge in [-0.2, -0.15) is 13.2 Å². The zero-order chi connectivity index (χ0) is 20.3. The largest absolute Gasteiger partial charge is 0.435 e. The Balaban J connectivity index is 1.87. The van der Waals surface area contributed by atoms with Crippen LogP contribution in [0.3, 0.4) is 0 Å². The lowest BCUT2D eigenvalue weighted by molar-refractivity contribution is -0.143. The number of likely N-dealkylation sites (tertiary alicyclic amines) is 1. The van der Waals surface area contributed by atoms with Crippen LogP contribution in [0.25, 0.3) is 5.69 Å². The lowest BCUT2D eigenvalue weighted by atomic mass is 9.96. The van der Waals surface area contributed by atoms with Crippen LogP contribution < -0.4 is 5.32 Å². The highest BCUT2D eigenvalue weighted by Gasteiger charge is 2.43. The van der Waals surface area contributed by atoms with E-state index < -0.39 is 35.0 Å². The summed E-state index contributed by atoms with van der Waals surface area (Å²) in [5.74, 6) is -1.35. The number of halogens is 4. The Morgan fingerprint density at radius 1 is 1.25 bits per heavy atom. The third-order valence-electron chi connectivity index (χ3n) is 4.81. The maximum absolute atomic E-state index is 14.0. The van der Waals surface area contributed by atoms with Gasteiger partial charge >= 0.3 is 6.18 Å². The number of piperidine rings is 1. The van der Waals surface area contributed by atoms with Crippen LogP contribution in [0.2, 0.25) is 0 Å². The Morgan fingerprint density at radius 3 is 2.54 bits per heavy atom. The van der Waals surface area contributed by atoms with Gasteiger partial charge < -0.3 is 10.2 Å². The summed E-state index contributed by atoms with van der Waals surface area (Å²) in [6, 6.07) is 4.91. The van der Waals surface area contributed by atoms with E-state index >= 15 is 0 Å². The molecule has 1 saturated heterocycles. The number of benzene rings is 1. The number of alkyl halides is 3. The van der Waals surface area contributed by atoms with Crippen LogP contribution in [-0.4, -0.2) is 52.0 Å². The van der Waals surface area contributed by atoms with E-state index in [0.29, 0.717) is 36.5 Å². The van der Waals surface area contributed by atoms with Gasteiger partial charge in [0.25, 0.3) is 5.91 Å². The maximum atomic E-state index is 14.0. The van der Waals surface area contributed by atoms with Gasteiger partial charge in [-0.25, -0.2) is 9.07 Å². The van der Waals surface area contributed by atoms with E-state index in [0.717, 1.165) is 25.2 Å². The van der Waals surface area contributed by atoms with Crippen LogP contribution in [0, 0.1) is 11.7 Å². The molecule has 10 heteroatoms. The molecule has 1 aliphatic heterocycles. The van der Waals surface area contributed by atoms with Gasteiger partial charge in [0.1, 0.15) is 11.5 Å². The standard InChI is InChI=1S/C18H21F4N5O/c1-2-23-11-12-7-9-26(10-8-12)17(28)15-16(18(20,21)22)27(25-24-15)14-6-4-3-5-13(14)19/h3-6,12,23H,2,7-11H2,1H3. The number of para-hydroxylation sites is 1. The van der Waals surface area contributed by atoms with Gasteiger partial charge in [-0.3, -0.25) is 4.79 Å². The van der Waals surface area contributed by atoms with Crippen molar-refractivity contribution in [2.45, 2.75) is 25.9 Å². The van der Waals surface area contributed by atoms with Crippen molar-refractivity contribution < 1.29 is 22.4 Å². The second kappa shape index (κ2) is 8.26. The van der Waals surface area contributed by atoms with Gasteiger partial charge in [0.2, 0.25) is 0 Å². The molecular formula is C18H21F4N5O. The lowest BCUT2D eigenvalue weighted by Gasteiger charge is -2.31. The molecule has 3 rings (SSSR count). The highest BCUT2D eigenvalue weighted by molar-refractivity contribution is 5.93. The molecule has 0 spiro atoms. The summed E-state index contributed by atoms with van der Waals surface area (Å²) in [4.78, 5) is 14.1. The molecule has 2 heterocycles. The lowest BCUT2D eigenvalue weighted by Crippen LogP contribution is -2.41. The zero-order valence-electron chi connectivity index (χ0n) is 15.3. The van der Waals surface area contributed by atoms with Gasteiger partial charge in [0, 0.05) is 13.1 Å². The summed E-state index contributed by atoms with van der Waals surface area (Å²) in [5.41, 5.74) is -2.58. The van der Waals surface area contributed by atoms with Gasteiger partial charge in [0.15, 0.2) is 11.4 Å². The SMILES string of the molecule is CCNCC1CCN(C(=O)c2nnn(-c3ccccc3F)c2C(F)(F)F)CC1. The summed E-state index contributed by atoms with van der Waals surface area (Å²) in [6.07, 6.45) is -3.52. The molecule has 6 nitrogen and oxygen atoms in total. The molecule has 1 aromatic carbocycles. The quantitative estimate of drug-likeness (QED) is 0.786. The predicted octanol–water partition coefficient (Wildman–Crippen LogP) is 2.89. The first kappa shape index (κ1) is 20.2. The molecule has 2 aromatic rings. The topological polar surface area (TPSA) is 63.1 Å². The molecule has 0 radical (unpaired) electrons. The Labute approximate surface area is 159 Å². The summed E-state index contributed by atoms with van der Waals surface area (Å²) in [7, 11) is 0. The highest BCUT2D eigenvalue weighted by atomic mass is 19.4. The van der Waals surface area contributed by atoms with Crippen LogP contribution in [0.15, 0.2) is 24.3 Å². The van der Waals surface area contributed by atoms with Crippen molar-refractivity contribution in [2.24, 2.45) is 5.92 Å². The average Bonchev–Trinajstić information content (AvgIpc) is 3.12. The molecule has 0 bridgehead atoms. The number of aromatic nitrogens is 3. The number of hydrogen-bond donors (Lipinski definition) is 1. The van der Waals surface area contributed by atoms with E-state index in [-0.39, 0.29) is 0 Å². The number of rotatable bonds is 5. The molecule has 1 aliphatic rings. The Bertz CT molecular complexity index is 828. The van der Waals surface area contributed by atoms with Gasteiger partial charge in [-0.05, 0) is 44.0 Å². The zero-order valence-corrected chi connectivity index (χ0v) is 15.3. The van der Waals surface area contributed by atoms with Crippen molar-refractivity contribution in [1.29, 1.82) is 0 Å². The second-order valence-corrected chi connectivity index (χ2v) is 6.69. The number of hydrogen-bond acceptors (Lipinski definition) is 4. The maximum Gasteiger partial charge on any atom is 0.435 e. The normalized spacial score (nSPS) is 15.8. The van der Waals surface area contributed by atoms with E-state index in [1.165, 1.54) is 17.0 Å². The fourth-order valence-electron chi connectivity index (χ4n) is 3.31. The van der Waals surface area contributed by atoms with E-state index in [4.69, 9.17) is 0 Å². The van der Waals surface area contributed by atoms with Gasteiger partial charge in [-0.1, -0.05) is 24.3 Å². The molecule has 0 unspecified atom stereocenters. The van der Waals surface area contributed by atoms with Crippen molar-refractivity contribution in [3.05, 3.63) is 41.5 Å². The summed E-state index contributed by atoms with van der Waals surface area (Å²) in [6.45, 7) is 4.34. The summed E-state index contributed by atoms with van der Waals surface area (Å²) < 4.78 is 55.4.